The molecule has 0 bridgehead atoms. The molecule has 0 heterocycles. The molecule has 0 spiro atoms. The molecule has 0 saturated heterocycles. The van der Waals surface area contributed by atoms with Crippen LogP contribution in [-0.2, 0) is 11.1 Å². The van der Waals surface area contributed by atoms with Gasteiger partial charge in [0.15, 0.2) is 11.1 Å². The van der Waals surface area contributed by atoms with Gasteiger partial charge in [0.25, 0.3) is 0 Å². The molecule has 0 aliphatic heterocycles. The van der Waals surface area contributed by atoms with Crippen LogP contribution in [0.2, 0.25) is 0 Å². The van der Waals surface area contributed by atoms with Crippen LogP contribution >= 0.6 is 0 Å². The first-order chi connectivity index (χ1) is 7.24. The third-order valence-electron chi connectivity index (χ3n) is 2.17. The van der Waals surface area contributed by atoms with Crippen molar-refractivity contribution in [2.24, 2.45) is 5.11 Å². The molecule has 76 valence electrons. The lowest BCUT2D eigenvalue weighted by Gasteiger charge is -2.03. The molecule has 0 aliphatic rings. The van der Waals surface area contributed by atoms with E-state index in [0.29, 0.717) is 21.4 Å². The van der Waals surface area contributed by atoms with Crippen LogP contribution in [0.3, 0.4) is 0 Å². The minimum Gasteiger partial charge on any atom is -0.302 e. The molecule has 0 fully saturated rings. The Morgan fingerprint density at radius 3 is 2.47 bits per heavy atom. The maximum absolute atomic E-state index is 11.0. The van der Waals surface area contributed by atoms with Crippen LogP contribution in [0.4, 0.5) is 5.69 Å². The zero-order chi connectivity index (χ0) is 10.8. The summed E-state index contributed by atoms with van der Waals surface area (Å²) in [7, 11) is 0. The summed E-state index contributed by atoms with van der Waals surface area (Å²) < 4.78 is 20.1. The lowest BCUT2D eigenvalue weighted by molar-refractivity contribution is 0.565. The summed E-state index contributed by atoms with van der Waals surface area (Å²) in [6.45, 7) is 0. The number of nitrogens with zero attached hydrogens (tertiary/aromatic N) is 1. The quantitative estimate of drug-likeness (QED) is 0.602. The van der Waals surface area contributed by atoms with Crippen molar-refractivity contribution in [3.05, 3.63) is 36.4 Å². The Morgan fingerprint density at radius 1 is 1.13 bits per heavy atom. The molecule has 0 saturated carbocycles. The summed E-state index contributed by atoms with van der Waals surface area (Å²) in [5, 5.41) is 4.74. The topological polar surface area (TPSA) is 73.5 Å². The van der Waals surface area contributed by atoms with Crippen LogP contribution in [0, 0.1) is 5.53 Å². The highest BCUT2D eigenvalue weighted by Gasteiger charge is 2.07. The van der Waals surface area contributed by atoms with E-state index in [-0.39, 0.29) is 0 Å². The fourth-order valence-electron chi connectivity index (χ4n) is 1.51. The molecule has 0 amide bonds. The molecule has 2 aromatic rings. The Hall–Kier alpha value is -1.59. The van der Waals surface area contributed by atoms with Crippen molar-refractivity contribution in [1.82, 2.24) is 0 Å². The van der Waals surface area contributed by atoms with Crippen molar-refractivity contribution < 1.29 is 8.76 Å². The zero-order valence-electron chi connectivity index (χ0n) is 7.68. The van der Waals surface area contributed by atoms with Gasteiger partial charge in [0, 0.05) is 10.8 Å². The molecular formula is C10H8N2O2S. The monoisotopic (exact) mass is 220 g/mol. The highest BCUT2D eigenvalue weighted by molar-refractivity contribution is 7.79. The Balaban J connectivity index is 2.88. The molecule has 1 atom stereocenters. The molecule has 1 unspecified atom stereocenters. The maximum Gasteiger partial charge on any atom is 0.187 e. The van der Waals surface area contributed by atoms with Crippen LogP contribution in [0.1, 0.15) is 0 Å². The number of fused-ring (bicyclic) bond motifs is 1. The van der Waals surface area contributed by atoms with Crippen LogP contribution < -0.4 is 0 Å². The molecule has 4 nitrogen and oxygen atoms in total. The Bertz CT molecular complexity index is 554. The first-order valence-electron chi connectivity index (χ1n) is 4.24. The molecule has 2 N–H and O–H groups in total. The molecule has 2 aromatic carbocycles. The molecule has 0 radical (unpaired) electrons. The predicted octanol–water partition coefficient (Wildman–Crippen LogP) is 3.08. The van der Waals surface area contributed by atoms with Crippen LogP contribution in [-0.4, -0.2) is 8.76 Å². The highest BCUT2D eigenvalue weighted by atomic mass is 32.2. The standard InChI is InChI=1S/C10H8N2O2S/c11-12-9-5-1-4-8-7(9)3-2-6-10(8)15(13)14/h1-6,11H,(H,13,14). The molecule has 15 heavy (non-hydrogen) atoms. The summed E-state index contributed by atoms with van der Waals surface area (Å²) in [5.41, 5.74) is 7.49. The van der Waals surface area contributed by atoms with Gasteiger partial charge >= 0.3 is 0 Å². The summed E-state index contributed by atoms with van der Waals surface area (Å²) >= 11 is -2.02. The van der Waals surface area contributed by atoms with Crippen LogP contribution in [0.25, 0.3) is 10.8 Å². The number of hydrogen-bond donors (Lipinski definition) is 2. The van der Waals surface area contributed by atoms with Crippen LogP contribution in [0.15, 0.2) is 46.4 Å². The third kappa shape index (κ3) is 1.67. The average molecular weight is 220 g/mol. The van der Waals surface area contributed by atoms with Gasteiger partial charge in [0.2, 0.25) is 0 Å². The normalized spacial score (nSPS) is 12.6. The predicted molar refractivity (Wildman–Crippen MR) is 57.8 cm³/mol. The van der Waals surface area contributed by atoms with E-state index < -0.39 is 11.1 Å². The SMILES string of the molecule is N=Nc1cccc2c(S(=O)O)cccc12. The van der Waals surface area contributed by atoms with Crippen molar-refractivity contribution in [3.63, 3.8) is 0 Å². The summed E-state index contributed by atoms with van der Waals surface area (Å²) in [5.74, 6) is 0. The van der Waals surface area contributed by atoms with E-state index in [1.165, 1.54) is 0 Å². The van der Waals surface area contributed by atoms with Crippen molar-refractivity contribution >= 4 is 27.5 Å². The lowest BCUT2D eigenvalue weighted by atomic mass is 10.1. The Labute approximate surface area is 88.7 Å². The van der Waals surface area contributed by atoms with E-state index in [2.05, 4.69) is 5.11 Å². The van der Waals surface area contributed by atoms with Crippen molar-refractivity contribution in [1.29, 1.82) is 5.53 Å². The van der Waals surface area contributed by atoms with Gasteiger partial charge in [-0.2, -0.15) is 5.11 Å². The summed E-state index contributed by atoms with van der Waals surface area (Å²) in [6.07, 6.45) is 0. The van der Waals surface area contributed by atoms with Gasteiger partial charge in [-0.3, -0.25) is 0 Å². The number of rotatable bonds is 2. The molecule has 0 aromatic heterocycles. The lowest BCUT2D eigenvalue weighted by Crippen LogP contribution is -1.89. The largest absolute Gasteiger partial charge is 0.302 e. The van der Waals surface area contributed by atoms with E-state index in [4.69, 9.17) is 10.1 Å². The minimum absolute atomic E-state index is 0.345. The fraction of sp³-hybridized carbons (Fsp3) is 0. The molecule has 2 rings (SSSR count). The van der Waals surface area contributed by atoms with Gasteiger partial charge in [-0.05, 0) is 12.1 Å². The van der Waals surface area contributed by atoms with Gasteiger partial charge in [0.05, 0.1) is 10.6 Å². The van der Waals surface area contributed by atoms with Crippen LogP contribution in [0.5, 0.6) is 0 Å². The third-order valence-corrected chi connectivity index (χ3v) is 2.90. The number of benzene rings is 2. The van der Waals surface area contributed by atoms with Gasteiger partial charge in [-0.1, -0.05) is 24.3 Å². The highest BCUT2D eigenvalue weighted by Crippen LogP contribution is 2.29. The van der Waals surface area contributed by atoms with Crippen molar-refractivity contribution in [3.8, 4) is 0 Å². The Morgan fingerprint density at radius 2 is 1.80 bits per heavy atom. The number of hydrogen-bond acceptors (Lipinski definition) is 3. The second kappa shape index (κ2) is 3.88. The summed E-state index contributed by atoms with van der Waals surface area (Å²) in [6, 6.07) is 10.2. The summed E-state index contributed by atoms with van der Waals surface area (Å²) in [4.78, 5) is 0.345. The molecule has 5 heteroatoms. The smallest absolute Gasteiger partial charge is 0.187 e. The van der Waals surface area contributed by atoms with E-state index in [1.54, 1.807) is 36.4 Å². The minimum atomic E-state index is -2.02. The molecule has 0 aliphatic carbocycles. The van der Waals surface area contributed by atoms with Gasteiger partial charge in [0.1, 0.15) is 0 Å². The van der Waals surface area contributed by atoms with Gasteiger partial charge in [-0.25, -0.2) is 9.74 Å². The van der Waals surface area contributed by atoms with E-state index in [0.717, 1.165) is 0 Å². The zero-order valence-corrected chi connectivity index (χ0v) is 8.49. The second-order valence-electron chi connectivity index (χ2n) is 2.99. The van der Waals surface area contributed by atoms with Gasteiger partial charge in [-0.15, -0.1) is 0 Å². The van der Waals surface area contributed by atoms with Gasteiger partial charge < -0.3 is 4.55 Å². The first-order valence-corrected chi connectivity index (χ1v) is 5.35. The van der Waals surface area contributed by atoms with E-state index in [9.17, 15) is 4.21 Å². The first kappa shape index (κ1) is 9.95. The van der Waals surface area contributed by atoms with Crippen molar-refractivity contribution in [2.45, 2.75) is 4.90 Å². The molecular weight excluding hydrogens is 212 g/mol. The van der Waals surface area contributed by atoms with E-state index in [1.807, 2.05) is 0 Å². The maximum atomic E-state index is 11.0. The second-order valence-corrected chi connectivity index (χ2v) is 3.93. The fourth-order valence-corrected chi connectivity index (χ4v) is 2.08. The van der Waals surface area contributed by atoms with Crippen molar-refractivity contribution in [2.75, 3.05) is 0 Å². The van der Waals surface area contributed by atoms with E-state index >= 15 is 0 Å². The Kier molecular flexibility index (Phi) is 2.57. The number of nitrogens with one attached hydrogen (secondary N) is 1. The average Bonchev–Trinajstić information content (AvgIpc) is 2.27.